The van der Waals surface area contributed by atoms with Crippen LogP contribution in [0.2, 0.25) is 0 Å². The van der Waals surface area contributed by atoms with Crippen LogP contribution < -0.4 is 5.32 Å². The molecule has 0 saturated carbocycles. The predicted molar refractivity (Wildman–Crippen MR) is 103 cm³/mol. The Morgan fingerprint density at radius 2 is 1.96 bits per heavy atom. The molecule has 4 nitrogen and oxygen atoms in total. The van der Waals surface area contributed by atoms with Crippen LogP contribution in [0, 0.1) is 0 Å². The molecule has 0 aliphatic carbocycles. The lowest BCUT2D eigenvalue weighted by molar-refractivity contribution is 0.300. The molecule has 0 spiro atoms. The fourth-order valence-corrected chi connectivity index (χ4v) is 3.92. The van der Waals surface area contributed by atoms with Crippen molar-refractivity contribution in [3.8, 4) is 0 Å². The van der Waals surface area contributed by atoms with Crippen molar-refractivity contribution in [2.45, 2.75) is 37.8 Å². The number of aromatic nitrogens is 3. The average molecular weight is 408 g/mol. The van der Waals surface area contributed by atoms with Crippen molar-refractivity contribution < 1.29 is 0 Å². The lowest BCUT2D eigenvalue weighted by Crippen LogP contribution is -2.38. The van der Waals surface area contributed by atoms with Gasteiger partial charge < -0.3 is 10.3 Å². The molecule has 3 atom stereocenters. The topological polar surface area (TPSA) is 53.6 Å². The van der Waals surface area contributed by atoms with Crippen molar-refractivity contribution in [3.63, 3.8) is 0 Å². The van der Waals surface area contributed by atoms with E-state index in [1.54, 1.807) is 0 Å². The Bertz CT molecular complexity index is 820. The molecule has 0 bridgehead atoms. The number of nitrogens with zero attached hydrogens (tertiary/aromatic N) is 2. The smallest absolute Gasteiger partial charge is 0.132 e. The second kappa shape index (κ2) is 7.21. The van der Waals surface area contributed by atoms with E-state index in [0.717, 1.165) is 34.2 Å². The van der Waals surface area contributed by atoms with Crippen molar-refractivity contribution in [2.75, 3.05) is 0 Å². The van der Waals surface area contributed by atoms with E-state index >= 15 is 0 Å². The number of halogens is 2. The van der Waals surface area contributed by atoms with Gasteiger partial charge in [0.2, 0.25) is 0 Å². The summed E-state index contributed by atoms with van der Waals surface area (Å²) in [5.74, 6) is 1.33. The molecule has 1 aliphatic rings. The third kappa shape index (κ3) is 3.34. The maximum Gasteiger partial charge on any atom is 0.132 e. The summed E-state index contributed by atoms with van der Waals surface area (Å²) in [5, 5.41) is 3.70. The summed E-state index contributed by atoms with van der Waals surface area (Å²) in [5.41, 5.74) is 3.28. The molecular formula is C18H20BrClN4. The number of fused-ring (bicyclic) bond motifs is 1. The number of aromatic amines is 1. The Morgan fingerprint density at radius 1 is 1.17 bits per heavy atom. The van der Waals surface area contributed by atoms with Crippen molar-refractivity contribution >= 4 is 39.4 Å². The van der Waals surface area contributed by atoms with Crippen molar-refractivity contribution in [2.24, 2.45) is 0 Å². The third-order valence-corrected chi connectivity index (χ3v) is 5.20. The molecule has 4 rings (SSSR count). The van der Waals surface area contributed by atoms with Crippen LogP contribution in [0.15, 0.2) is 47.2 Å². The van der Waals surface area contributed by atoms with E-state index < -0.39 is 0 Å². The number of nitrogens with one attached hydrogen (secondary N) is 2. The van der Waals surface area contributed by atoms with Crippen LogP contribution in [-0.4, -0.2) is 21.0 Å². The second-order valence-electron chi connectivity index (χ2n) is 6.33. The summed E-state index contributed by atoms with van der Waals surface area (Å²) >= 11 is 3.55. The maximum atomic E-state index is 4.80. The van der Waals surface area contributed by atoms with Crippen LogP contribution in [0.25, 0.3) is 11.0 Å². The summed E-state index contributed by atoms with van der Waals surface area (Å²) in [6.07, 6.45) is 5.91. The standard InChI is InChI=1S/C18H19BrN4.ClH/c1-11-7-13(8-15(22-11)12-5-3-2-4-6-12)18-21-10-16-17(23-18)14(19)9-20-16;/h2-6,9-11,13,15,20,22H,7-8H2,1H3;1H. The fraction of sp³-hybridized carbons (Fsp3) is 0.333. The highest BCUT2D eigenvalue weighted by molar-refractivity contribution is 9.10. The molecule has 1 aliphatic heterocycles. The van der Waals surface area contributed by atoms with Crippen LogP contribution in [0.5, 0.6) is 0 Å². The van der Waals surface area contributed by atoms with E-state index in [1.165, 1.54) is 5.56 Å². The molecule has 3 aromatic rings. The highest BCUT2D eigenvalue weighted by atomic mass is 79.9. The molecule has 0 radical (unpaired) electrons. The van der Waals surface area contributed by atoms with Gasteiger partial charge in [-0.15, -0.1) is 12.4 Å². The molecule has 126 valence electrons. The summed E-state index contributed by atoms with van der Waals surface area (Å²) in [6, 6.07) is 11.5. The van der Waals surface area contributed by atoms with Crippen LogP contribution >= 0.6 is 28.3 Å². The van der Waals surface area contributed by atoms with Gasteiger partial charge in [0.05, 0.1) is 16.2 Å². The summed E-state index contributed by atoms with van der Waals surface area (Å²) < 4.78 is 0.998. The van der Waals surface area contributed by atoms with Crippen LogP contribution in [-0.2, 0) is 0 Å². The van der Waals surface area contributed by atoms with Gasteiger partial charge in [0.25, 0.3) is 0 Å². The molecule has 2 aromatic heterocycles. The van der Waals surface area contributed by atoms with E-state index in [1.807, 2.05) is 12.4 Å². The summed E-state index contributed by atoms with van der Waals surface area (Å²) in [6.45, 7) is 2.24. The number of benzene rings is 1. The largest absolute Gasteiger partial charge is 0.357 e. The Hall–Kier alpha value is -1.43. The van der Waals surface area contributed by atoms with Crippen molar-refractivity contribution in [1.29, 1.82) is 0 Å². The lowest BCUT2D eigenvalue weighted by Gasteiger charge is -2.34. The molecule has 3 unspecified atom stereocenters. The van der Waals surface area contributed by atoms with Crippen LogP contribution in [0.4, 0.5) is 0 Å². The quantitative estimate of drug-likeness (QED) is 0.645. The Balaban J connectivity index is 0.00000169. The first-order chi connectivity index (χ1) is 11.2. The minimum Gasteiger partial charge on any atom is -0.357 e. The molecular weight excluding hydrogens is 388 g/mol. The summed E-state index contributed by atoms with van der Waals surface area (Å²) in [7, 11) is 0. The molecule has 1 aromatic carbocycles. The Kier molecular flexibility index (Phi) is 5.23. The molecule has 24 heavy (non-hydrogen) atoms. The monoisotopic (exact) mass is 406 g/mol. The zero-order valence-electron chi connectivity index (χ0n) is 13.4. The number of hydrogen-bond acceptors (Lipinski definition) is 3. The van der Waals surface area contributed by atoms with Gasteiger partial charge in [0, 0.05) is 24.2 Å². The Labute approximate surface area is 156 Å². The van der Waals surface area contributed by atoms with Gasteiger partial charge in [-0.05, 0) is 41.3 Å². The third-order valence-electron chi connectivity index (χ3n) is 4.60. The SMILES string of the molecule is CC1CC(c2ncc3[nH]cc(Br)c3n2)CC(c2ccccc2)N1.Cl. The highest BCUT2D eigenvalue weighted by Gasteiger charge is 2.29. The first kappa shape index (κ1) is 17.4. The molecule has 1 saturated heterocycles. The molecule has 1 fully saturated rings. The number of piperidine rings is 1. The minimum atomic E-state index is 0. The number of rotatable bonds is 2. The summed E-state index contributed by atoms with van der Waals surface area (Å²) in [4.78, 5) is 12.6. The Morgan fingerprint density at radius 3 is 2.75 bits per heavy atom. The zero-order valence-corrected chi connectivity index (χ0v) is 15.8. The van der Waals surface area contributed by atoms with Crippen LogP contribution in [0.1, 0.15) is 43.1 Å². The minimum absolute atomic E-state index is 0. The van der Waals surface area contributed by atoms with E-state index in [2.05, 4.69) is 68.5 Å². The van der Waals surface area contributed by atoms with Gasteiger partial charge in [-0.3, -0.25) is 0 Å². The van der Waals surface area contributed by atoms with E-state index in [9.17, 15) is 0 Å². The first-order valence-corrected chi connectivity index (χ1v) is 8.80. The predicted octanol–water partition coefficient (Wildman–Crippen LogP) is 4.74. The normalized spacial score (nSPS) is 23.8. The number of H-pyrrole nitrogens is 1. The van der Waals surface area contributed by atoms with E-state index in [-0.39, 0.29) is 12.4 Å². The van der Waals surface area contributed by atoms with Gasteiger partial charge in [0.15, 0.2) is 0 Å². The van der Waals surface area contributed by atoms with Gasteiger partial charge in [-0.1, -0.05) is 30.3 Å². The molecule has 0 amide bonds. The average Bonchev–Trinajstić information content (AvgIpc) is 2.96. The second-order valence-corrected chi connectivity index (χ2v) is 7.18. The lowest BCUT2D eigenvalue weighted by atomic mass is 9.85. The fourth-order valence-electron chi connectivity index (χ4n) is 3.50. The van der Waals surface area contributed by atoms with E-state index in [4.69, 9.17) is 4.98 Å². The zero-order chi connectivity index (χ0) is 15.8. The van der Waals surface area contributed by atoms with E-state index in [0.29, 0.717) is 18.0 Å². The molecule has 3 heterocycles. The van der Waals surface area contributed by atoms with Gasteiger partial charge >= 0.3 is 0 Å². The van der Waals surface area contributed by atoms with Gasteiger partial charge in [0.1, 0.15) is 11.3 Å². The first-order valence-electron chi connectivity index (χ1n) is 8.01. The van der Waals surface area contributed by atoms with Crippen LogP contribution in [0.3, 0.4) is 0 Å². The van der Waals surface area contributed by atoms with Gasteiger partial charge in [-0.25, -0.2) is 9.97 Å². The molecule has 6 heteroatoms. The van der Waals surface area contributed by atoms with Crippen molar-refractivity contribution in [3.05, 3.63) is 58.6 Å². The van der Waals surface area contributed by atoms with Gasteiger partial charge in [-0.2, -0.15) is 0 Å². The maximum absolute atomic E-state index is 4.80. The highest BCUT2D eigenvalue weighted by Crippen LogP contribution is 2.35. The number of hydrogen-bond donors (Lipinski definition) is 2. The van der Waals surface area contributed by atoms with Crippen molar-refractivity contribution in [1.82, 2.24) is 20.3 Å². The molecule has 2 N–H and O–H groups in total.